The molecule has 1 aliphatic rings. The minimum Gasteiger partial charge on any atom is -0.314 e. The van der Waals surface area contributed by atoms with Crippen LogP contribution in [0.25, 0.3) is 5.69 Å². The largest absolute Gasteiger partial charge is 0.314 e. The second kappa shape index (κ2) is 5.29. The summed E-state index contributed by atoms with van der Waals surface area (Å²) in [5.74, 6) is 0. The van der Waals surface area contributed by atoms with Gasteiger partial charge in [0.2, 0.25) is 0 Å². The fourth-order valence-electron chi connectivity index (χ4n) is 2.27. The van der Waals surface area contributed by atoms with Crippen LogP contribution in [-0.4, -0.2) is 46.1 Å². The van der Waals surface area contributed by atoms with Crippen LogP contribution >= 0.6 is 0 Å². The summed E-state index contributed by atoms with van der Waals surface area (Å²) >= 11 is 0. The SMILES string of the molecule is c1cc(CN2CCNCC2)cc(-n2ccnn2)c1. The molecule has 1 saturated heterocycles. The van der Waals surface area contributed by atoms with Gasteiger partial charge in [0.15, 0.2) is 0 Å². The highest BCUT2D eigenvalue weighted by Crippen LogP contribution is 2.11. The topological polar surface area (TPSA) is 46.0 Å². The summed E-state index contributed by atoms with van der Waals surface area (Å²) in [6, 6.07) is 8.48. The van der Waals surface area contributed by atoms with E-state index in [4.69, 9.17) is 0 Å². The Morgan fingerprint density at radius 1 is 1.22 bits per heavy atom. The average molecular weight is 243 g/mol. The highest BCUT2D eigenvalue weighted by molar-refractivity contribution is 5.34. The maximum atomic E-state index is 4.02. The van der Waals surface area contributed by atoms with E-state index in [0.29, 0.717) is 0 Å². The van der Waals surface area contributed by atoms with E-state index < -0.39 is 0 Å². The molecule has 0 radical (unpaired) electrons. The van der Waals surface area contributed by atoms with E-state index in [1.165, 1.54) is 5.56 Å². The quantitative estimate of drug-likeness (QED) is 0.861. The van der Waals surface area contributed by atoms with Crippen LogP contribution in [0.5, 0.6) is 0 Å². The summed E-state index contributed by atoms with van der Waals surface area (Å²) in [5.41, 5.74) is 2.39. The van der Waals surface area contributed by atoms with Crippen LogP contribution in [0.4, 0.5) is 0 Å². The van der Waals surface area contributed by atoms with Crippen molar-refractivity contribution in [2.45, 2.75) is 6.54 Å². The molecule has 18 heavy (non-hydrogen) atoms. The van der Waals surface area contributed by atoms with Crippen molar-refractivity contribution in [3.63, 3.8) is 0 Å². The van der Waals surface area contributed by atoms with Gasteiger partial charge in [-0.15, -0.1) is 5.10 Å². The predicted octanol–water partition coefficient (Wildman–Crippen LogP) is 0.672. The number of hydrogen-bond donors (Lipinski definition) is 1. The first-order valence-corrected chi connectivity index (χ1v) is 6.30. The van der Waals surface area contributed by atoms with Crippen molar-refractivity contribution in [2.24, 2.45) is 0 Å². The third-order valence-corrected chi connectivity index (χ3v) is 3.21. The first-order valence-electron chi connectivity index (χ1n) is 6.30. The first-order chi connectivity index (χ1) is 8.92. The van der Waals surface area contributed by atoms with Crippen molar-refractivity contribution >= 4 is 0 Å². The number of nitrogens with zero attached hydrogens (tertiary/aromatic N) is 4. The third-order valence-electron chi connectivity index (χ3n) is 3.21. The molecule has 0 atom stereocenters. The van der Waals surface area contributed by atoms with Gasteiger partial charge in [-0.3, -0.25) is 4.90 Å². The van der Waals surface area contributed by atoms with E-state index in [1.54, 1.807) is 10.9 Å². The molecule has 1 aromatic carbocycles. The van der Waals surface area contributed by atoms with Crippen LogP contribution < -0.4 is 5.32 Å². The van der Waals surface area contributed by atoms with Crippen molar-refractivity contribution in [3.8, 4) is 5.69 Å². The highest BCUT2D eigenvalue weighted by Gasteiger charge is 2.10. The molecule has 2 aromatic rings. The van der Waals surface area contributed by atoms with E-state index in [-0.39, 0.29) is 0 Å². The third kappa shape index (κ3) is 2.57. The Morgan fingerprint density at radius 2 is 2.11 bits per heavy atom. The van der Waals surface area contributed by atoms with Gasteiger partial charge in [-0.05, 0) is 17.7 Å². The fourth-order valence-corrected chi connectivity index (χ4v) is 2.27. The molecule has 1 fully saturated rings. The summed E-state index contributed by atoms with van der Waals surface area (Å²) in [7, 11) is 0. The molecule has 0 bridgehead atoms. The Kier molecular flexibility index (Phi) is 3.34. The number of aromatic nitrogens is 3. The Balaban J connectivity index is 1.74. The predicted molar refractivity (Wildman–Crippen MR) is 69.5 cm³/mol. The second-order valence-corrected chi connectivity index (χ2v) is 4.54. The van der Waals surface area contributed by atoms with Crippen LogP contribution in [-0.2, 0) is 6.54 Å². The summed E-state index contributed by atoms with van der Waals surface area (Å²) in [4.78, 5) is 2.47. The van der Waals surface area contributed by atoms with Crippen molar-refractivity contribution < 1.29 is 0 Å². The molecule has 2 heterocycles. The van der Waals surface area contributed by atoms with E-state index >= 15 is 0 Å². The second-order valence-electron chi connectivity index (χ2n) is 4.54. The molecule has 0 unspecified atom stereocenters. The Morgan fingerprint density at radius 3 is 2.89 bits per heavy atom. The zero-order chi connectivity index (χ0) is 12.2. The summed E-state index contributed by atoms with van der Waals surface area (Å²) in [5, 5.41) is 11.2. The van der Waals surface area contributed by atoms with Crippen LogP contribution in [0.2, 0.25) is 0 Å². The molecule has 0 aliphatic carbocycles. The van der Waals surface area contributed by atoms with E-state index in [1.807, 2.05) is 6.20 Å². The zero-order valence-corrected chi connectivity index (χ0v) is 10.3. The van der Waals surface area contributed by atoms with Crippen LogP contribution in [0, 0.1) is 0 Å². The lowest BCUT2D eigenvalue weighted by Crippen LogP contribution is -2.42. The van der Waals surface area contributed by atoms with Gasteiger partial charge in [0, 0.05) is 32.7 Å². The summed E-state index contributed by atoms with van der Waals surface area (Å²) in [6.07, 6.45) is 3.56. The summed E-state index contributed by atoms with van der Waals surface area (Å²) in [6.45, 7) is 5.41. The molecule has 5 nitrogen and oxygen atoms in total. The van der Waals surface area contributed by atoms with E-state index in [2.05, 4.69) is 44.8 Å². The monoisotopic (exact) mass is 243 g/mol. The van der Waals surface area contributed by atoms with Crippen molar-refractivity contribution in [1.29, 1.82) is 0 Å². The van der Waals surface area contributed by atoms with E-state index in [0.717, 1.165) is 38.4 Å². The maximum Gasteiger partial charge on any atom is 0.0697 e. The van der Waals surface area contributed by atoms with Crippen LogP contribution in [0.3, 0.4) is 0 Å². The Bertz CT molecular complexity index is 488. The van der Waals surface area contributed by atoms with Crippen LogP contribution in [0.1, 0.15) is 5.56 Å². The molecule has 94 valence electrons. The van der Waals surface area contributed by atoms with Gasteiger partial charge in [-0.2, -0.15) is 0 Å². The Labute approximate surface area is 106 Å². The molecule has 0 saturated carbocycles. The van der Waals surface area contributed by atoms with Gasteiger partial charge in [-0.25, -0.2) is 4.68 Å². The van der Waals surface area contributed by atoms with Gasteiger partial charge in [0.05, 0.1) is 18.1 Å². The van der Waals surface area contributed by atoms with Gasteiger partial charge in [0.1, 0.15) is 0 Å². The molecule has 1 aromatic heterocycles. The number of benzene rings is 1. The van der Waals surface area contributed by atoms with Crippen molar-refractivity contribution in [2.75, 3.05) is 26.2 Å². The average Bonchev–Trinajstić information content (AvgIpc) is 2.94. The molecule has 1 N–H and O–H groups in total. The molecule has 5 heteroatoms. The molecule has 3 rings (SSSR count). The lowest BCUT2D eigenvalue weighted by molar-refractivity contribution is 0.233. The maximum absolute atomic E-state index is 4.02. The molecule has 1 aliphatic heterocycles. The number of rotatable bonds is 3. The lowest BCUT2D eigenvalue weighted by atomic mass is 10.2. The number of hydrogen-bond acceptors (Lipinski definition) is 4. The first kappa shape index (κ1) is 11.4. The summed E-state index contributed by atoms with van der Waals surface area (Å²) < 4.78 is 1.79. The standard InChI is InChI=1S/C13H17N5/c1-2-12(11-17-7-4-14-5-8-17)10-13(3-1)18-9-6-15-16-18/h1-3,6,9-10,14H,4-5,7-8,11H2. The molecule has 0 amide bonds. The van der Waals surface area contributed by atoms with Gasteiger partial charge >= 0.3 is 0 Å². The number of piperazine rings is 1. The number of nitrogens with one attached hydrogen (secondary N) is 1. The van der Waals surface area contributed by atoms with Crippen LogP contribution in [0.15, 0.2) is 36.7 Å². The van der Waals surface area contributed by atoms with E-state index in [9.17, 15) is 0 Å². The van der Waals surface area contributed by atoms with Gasteiger partial charge in [-0.1, -0.05) is 17.3 Å². The zero-order valence-electron chi connectivity index (χ0n) is 10.3. The molecular formula is C13H17N5. The molecular weight excluding hydrogens is 226 g/mol. The highest BCUT2D eigenvalue weighted by atomic mass is 15.4. The van der Waals surface area contributed by atoms with Gasteiger partial charge in [0.25, 0.3) is 0 Å². The smallest absolute Gasteiger partial charge is 0.0697 e. The lowest BCUT2D eigenvalue weighted by Gasteiger charge is -2.27. The minimum absolute atomic E-state index is 1.00. The van der Waals surface area contributed by atoms with Crippen molar-refractivity contribution in [1.82, 2.24) is 25.2 Å². The normalized spacial score (nSPS) is 16.9. The fraction of sp³-hybridized carbons (Fsp3) is 0.385. The molecule has 0 spiro atoms. The van der Waals surface area contributed by atoms with Crippen molar-refractivity contribution in [3.05, 3.63) is 42.2 Å². The Hall–Kier alpha value is -1.72. The van der Waals surface area contributed by atoms with Gasteiger partial charge < -0.3 is 5.32 Å². The minimum atomic E-state index is 1.00.